The monoisotopic (exact) mass is 380 g/mol. The molecule has 4 aromatic rings. The summed E-state index contributed by atoms with van der Waals surface area (Å²) in [6.45, 7) is 0. The first-order valence-electron chi connectivity index (χ1n) is 8.17. The van der Waals surface area contributed by atoms with Gasteiger partial charge in [-0.25, -0.2) is 0 Å². The Labute approximate surface area is 160 Å². The molecule has 0 bridgehead atoms. The molecule has 0 amide bonds. The zero-order chi connectivity index (χ0) is 18.1. The number of rotatable bonds is 3. The number of halogens is 2. The van der Waals surface area contributed by atoms with Crippen LogP contribution < -0.4 is 5.43 Å². The van der Waals surface area contributed by atoms with Crippen LogP contribution in [0, 0.1) is 0 Å². The molecule has 1 heterocycles. The summed E-state index contributed by atoms with van der Waals surface area (Å²) in [5, 5.41) is 1.53. The van der Waals surface area contributed by atoms with Gasteiger partial charge in [0.1, 0.15) is 11.3 Å². The first-order valence-corrected chi connectivity index (χ1v) is 8.93. The minimum Gasteiger partial charge on any atom is -0.456 e. The molecule has 0 atom stereocenters. The Kier molecular flexibility index (Phi) is 4.54. The third-order valence-corrected chi connectivity index (χ3v) is 5.03. The largest absolute Gasteiger partial charge is 0.456 e. The molecule has 0 fully saturated rings. The second kappa shape index (κ2) is 6.99. The lowest BCUT2D eigenvalue weighted by Gasteiger charge is -2.11. The van der Waals surface area contributed by atoms with Gasteiger partial charge in [0.25, 0.3) is 0 Å². The molecular formula is C22H14Cl2O2. The van der Waals surface area contributed by atoms with E-state index in [1.807, 2.05) is 54.6 Å². The summed E-state index contributed by atoms with van der Waals surface area (Å²) in [4.78, 5) is 13.2. The van der Waals surface area contributed by atoms with Gasteiger partial charge in [-0.1, -0.05) is 71.7 Å². The Morgan fingerprint density at radius 3 is 2.31 bits per heavy atom. The van der Waals surface area contributed by atoms with E-state index >= 15 is 0 Å². The molecule has 1 aromatic heterocycles. The highest BCUT2D eigenvalue weighted by molar-refractivity contribution is 6.42. The van der Waals surface area contributed by atoms with Crippen LogP contribution in [0.25, 0.3) is 22.3 Å². The van der Waals surface area contributed by atoms with Gasteiger partial charge in [-0.2, -0.15) is 0 Å². The van der Waals surface area contributed by atoms with E-state index in [1.54, 1.807) is 18.2 Å². The van der Waals surface area contributed by atoms with Crippen molar-refractivity contribution in [3.05, 3.63) is 104 Å². The molecule has 128 valence electrons. The summed E-state index contributed by atoms with van der Waals surface area (Å²) < 4.78 is 6.13. The molecule has 0 aliphatic carbocycles. The standard InChI is InChI=1S/C22H14Cl2O2/c23-18-11-10-14(13-19(18)24)12-17-21(25)16-8-4-5-9-20(16)26-22(17)15-6-2-1-3-7-15/h1-11,13H,12H2. The Morgan fingerprint density at radius 2 is 1.54 bits per heavy atom. The topological polar surface area (TPSA) is 30.2 Å². The maximum absolute atomic E-state index is 13.2. The molecule has 0 saturated heterocycles. The highest BCUT2D eigenvalue weighted by atomic mass is 35.5. The van der Waals surface area contributed by atoms with Gasteiger partial charge in [-0.05, 0) is 29.8 Å². The van der Waals surface area contributed by atoms with Gasteiger partial charge < -0.3 is 4.42 Å². The van der Waals surface area contributed by atoms with Crippen LogP contribution in [0.3, 0.4) is 0 Å². The molecular weight excluding hydrogens is 367 g/mol. The van der Waals surface area contributed by atoms with E-state index in [4.69, 9.17) is 27.6 Å². The number of fused-ring (bicyclic) bond motifs is 1. The molecule has 3 aromatic carbocycles. The fourth-order valence-corrected chi connectivity index (χ4v) is 3.34. The van der Waals surface area contributed by atoms with Crippen molar-refractivity contribution in [2.45, 2.75) is 6.42 Å². The van der Waals surface area contributed by atoms with E-state index in [-0.39, 0.29) is 5.43 Å². The van der Waals surface area contributed by atoms with Crippen molar-refractivity contribution in [3.63, 3.8) is 0 Å². The van der Waals surface area contributed by atoms with E-state index in [2.05, 4.69) is 0 Å². The van der Waals surface area contributed by atoms with Crippen LogP contribution in [0.1, 0.15) is 11.1 Å². The Balaban J connectivity index is 1.95. The van der Waals surface area contributed by atoms with Crippen LogP contribution in [0.5, 0.6) is 0 Å². The van der Waals surface area contributed by atoms with E-state index < -0.39 is 0 Å². The van der Waals surface area contributed by atoms with Gasteiger partial charge in [0, 0.05) is 17.5 Å². The van der Waals surface area contributed by atoms with Crippen molar-refractivity contribution < 1.29 is 4.42 Å². The fourth-order valence-electron chi connectivity index (χ4n) is 3.02. The lowest BCUT2D eigenvalue weighted by molar-refractivity contribution is 0.611. The Hall–Kier alpha value is -2.55. The first kappa shape index (κ1) is 16.9. The van der Waals surface area contributed by atoms with E-state index in [0.717, 1.165) is 11.1 Å². The van der Waals surface area contributed by atoms with Crippen LogP contribution in [0.2, 0.25) is 10.0 Å². The highest BCUT2D eigenvalue weighted by Gasteiger charge is 2.16. The van der Waals surface area contributed by atoms with Crippen LogP contribution >= 0.6 is 23.2 Å². The van der Waals surface area contributed by atoms with Gasteiger partial charge >= 0.3 is 0 Å². The minimum absolute atomic E-state index is 0.0308. The normalized spacial score (nSPS) is 11.0. The van der Waals surface area contributed by atoms with Crippen LogP contribution in [-0.2, 0) is 6.42 Å². The molecule has 2 nitrogen and oxygen atoms in total. The predicted octanol–water partition coefficient (Wildman–Crippen LogP) is 6.36. The molecule has 0 spiro atoms. The average molecular weight is 381 g/mol. The summed E-state index contributed by atoms with van der Waals surface area (Å²) in [5.74, 6) is 0.584. The molecule has 26 heavy (non-hydrogen) atoms. The van der Waals surface area contributed by atoms with Gasteiger partial charge in [0.2, 0.25) is 0 Å². The second-order valence-corrected chi connectivity index (χ2v) is 6.84. The average Bonchev–Trinajstić information content (AvgIpc) is 2.67. The molecule has 4 rings (SSSR count). The quantitative estimate of drug-likeness (QED) is 0.414. The van der Waals surface area contributed by atoms with Crippen molar-refractivity contribution in [3.8, 4) is 11.3 Å². The van der Waals surface area contributed by atoms with Crippen LogP contribution in [0.15, 0.2) is 82.0 Å². The van der Waals surface area contributed by atoms with Gasteiger partial charge in [-0.15, -0.1) is 0 Å². The lowest BCUT2D eigenvalue weighted by Crippen LogP contribution is -2.12. The molecule has 0 aliphatic heterocycles. The molecule has 0 radical (unpaired) electrons. The summed E-state index contributed by atoms with van der Waals surface area (Å²) in [7, 11) is 0. The summed E-state index contributed by atoms with van der Waals surface area (Å²) in [6, 6.07) is 22.3. The summed E-state index contributed by atoms with van der Waals surface area (Å²) in [5.41, 5.74) is 2.92. The van der Waals surface area contributed by atoms with Crippen LogP contribution in [0.4, 0.5) is 0 Å². The third-order valence-electron chi connectivity index (χ3n) is 4.29. The van der Waals surface area contributed by atoms with E-state index in [1.165, 1.54) is 0 Å². The Bertz CT molecular complexity index is 1150. The maximum Gasteiger partial charge on any atom is 0.196 e. The zero-order valence-electron chi connectivity index (χ0n) is 13.7. The maximum atomic E-state index is 13.2. The summed E-state index contributed by atoms with van der Waals surface area (Å²) >= 11 is 12.1. The minimum atomic E-state index is -0.0308. The first-order chi connectivity index (χ1) is 12.6. The number of benzene rings is 3. The van der Waals surface area contributed by atoms with Gasteiger partial charge in [0.15, 0.2) is 5.43 Å². The van der Waals surface area contributed by atoms with E-state index in [9.17, 15) is 4.79 Å². The fraction of sp³-hybridized carbons (Fsp3) is 0.0455. The molecule has 0 aliphatic rings. The second-order valence-electron chi connectivity index (χ2n) is 6.03. The molecule has 0 saturated carbocycles. The zero-order valence-corrected chi connectivity index (χ0v) is 15.2. The van der Waals surface area contributed by atoms with E-state index in [0.29, 0.717) is 38.8 Å². The SMILES string of the molecule is O=c1c(Cc2ccc(Cl)c(Cl)c2)c(-c2ccccc2)oc2ccccc12. The van der Waals surface area contributed by atoms with Crippen molar-refractivity contribution >= 4 is 34.2 Å². The van der Waals surface area contributed by atoms with Crippen molar-refractivity contribution in [1.29, 1.82) is 0 Å². The highest BCUT2D eigenvalue weighted by Crippen LogP contribution is 2.29. The summed E-state index contributed by atoms with van der Waals surface area (Å²) in [6.07, 6.45) is 0.411. The third kappa shape index (κ3) is 3.14. The molecule has 0 unspecified atom stereocenters. The smallest absolute Gasteiger partial charge is 0.196 e. The van der Waals surface area contributed by atoms with Crippen molar-refractivity contribution in [2.75, 3.05) is 0 Å². The molecule has 0 N–H and O–H groups in total. The number of hydrogen-bond acceptors (Lipinski definition) is 2. The predicted molar refractivity (Wildman–Crippen MR) is 107 cm³/mol. The van der Waals surface area contributed by atoms with Gasteiger partial charge in [0.05, 0.1) is 15.4 Å². The lowest BCUT2D eigenvalue weighted by atomic mass is 9.98. The number of para-hydroxylation sites is 1. The number of hydrogen-bond donors (Lipinski definition) is 0. The molecule has 4 heteroatoms. The van der Waals surface area contributed by atoms with Crippen molar-refractivity contribution in [2.24, 2.45) is 0 Å². The van der Waals surface area contributed by atoms with Crippen molar-refractivity contribution in [1.82, 2.24) is 0 Å². The van der Waals surface area contributed by atoms with Crippen LogP contribution in [-0.4, -0.2) is 0 Å². The Morgan fingerprint density at radius 1 is 0.808 bits per heavy atom. The van der Waals surface area contributed by atoms with Gasteiger partial charge in [-0.3, -0.25) is 4.79 Å².